The molecule has 1 aliphatic heterocycles. The van der Waals surface area contributed by atoms with E-state index >= 15 is 0 Å². The molecular formula is C15H23NO4. The van der Waals surface area contributed by atoms with E-state index in [9.17, 15) is 4.79 Å². The summed E-state index contributed by atoms with van der Waals surface area (Å²) in [5.74, 6) is 0.867. The van der Waals surface area contributed by atoms with Crippen molar-refractivity contribution in [1.29, 1.82) is 0 Å². The fourth-order valence-electron chi connectivity index (χ4n) is 2.41. The zero-order valence-electron chi connectivity index (χ0n) is 12.4. The zero-order valence-corrected chi connectivity index (χ0v) is 12.4. The number of esters is 1. The third-order valence-electron chi connectivity index (χ3n) is 3.33. The van der Waals surface area contributed by atoms with Crippen LogP contribution in [0.4, 0.5) is 0 Å². The smallest absolute Gasteiger partial charge is 0.341 e. The van der Waals surface area contributed by atoms with Crippen molar-refractivity contribution in [2.24, 2.45) is 5.92 Å². The van der Waals surface area contributed by atoms with Crippen LogP contribution in [0, 0.1) is 12.8 Å². The number of morpholine rings is 1. The molecule has 1 unspecified atom stereocenters. The fraction of sp³-hybridized carbons (Fsp3) is 0.667. The molecule has 1 atom stereocenters. The SMILES string of the molecule is Cc1occc1C(=O)OCC1CN(CC(C)C)CCO1. The molecule has 1 aliphatic rings. The van der Waals surface area contributed by atoms with Gasteiger partial charge in [0.1, 0.15) is 24.0 Å². The van der Waals surface area contributed by atoms with Crippen molar-refractivity contribution >= 4 is 5.97 Å². The van der Waals surface area contributed by atoms with E-state index in [2.05, 4.69) is 18.7 Å². The first-order valence-corrected chi connectivity index (χ1v) is 7.11. The molecule has 20 heavy (non-hydrogen) atoms. The molecule has 1 fully saturated rings. The average molecular weight is 281 g/mol. The molecule has 0 saturated carbocycles. The van der Waals surface area contributed by atoms with Crippen LogP contribution in [0.15, 0.2) is 16.7 Å². The normalized spacial score (nSPS) is 20.3. The van der Waals surface area contributed by atoms with E-state index in [1.54, 1.807) is 13.0 Å². The highest BCUT2D eigenvalue weighted by Crippen LogP contribution is 2.12. The third-order valence-corrected chi connectivity index (χ3v) is 3.33. The molecule has 0 N–H and O–H groups in total. The van der Waals surface area contributed by atoms with Gasteiger partial charge in [-0.05, 0) is 18.9 Å². The maximum Gasteiger partial charge on any atom is 0.341 e. The molecular weight excluding hydrogens is 258 g/mol. The highest BCUT2D eigenvalue weighted by Gasteiger charge is 2.23. The van der Waals surface area contributed by atoms with Gasteiger partial charge in [-0.2, -0.15) is 0 Å². The number of hydrogen-bond donors (Lipinski definition) is 0. The van der Waals surface area contributed by atoms with Gasteiger partial charge in [0.2, 0.25) is 0 Å². The van der Waals surface area contributed by atoms with Crippen LogP contribution in [-0.4, -0.2) is 49.8 Å². The molecule has 0 bridgehead atoms. The molecule has 2 heterocycles. The second-order valence-electron chi connectivity index (χ2n) is 5.64. The summed E-state index contributed by atoms with van der Waals surface area (Å²) in [6, 6.07) is 1.63. The first kappa shape index (κ1) is 15.1. The molecule has 1 saturated heterocycles. The summed E-state index contributed by atoms with van der Waals surface area (Å²) in [4.78, 5) is 14.2. The van der Waals surface area contributed by atoms with Gasteiger partial charge in [0, 0.05) is 19.6 Å². The lowest BCUT2D eigenvalue weighted by Crippen LogP contribution is -2.45. The van der Waals surface area contributed by atoms with E-state index in [1.165, 1.54) is 6.26 Å². The second kappa shape index (κ2) is 6.90. The number of nitrogens with zero attached hydrogens (tertiary/aromatic N) is 1. The van der Waals surface area contributed by atoms with E-state index in [4.69, 9.17) is 13.9 Å². The predicted octanol–water partition coefficient (Wildman–Crippen LogP) is 2.10. The number of aryl methyl sites for hydroxylation is 1. The van der Waals surface area contributed by atoms with Crippen molar-refractivity contribution in [3.8, 4) is 0 Å². The van der Waals surface area contributed by atoms with Crippen LogP contribution in [0.1, 0.15) is 30.0 Å². The molecule has 5 heteroatoms. The summed E-state index contributed by atoms with van der Waals surface area (Å²) in [6.07, 6.45) is 1.45. The highest BCUT2D eigenvalue weighted by molar-refractivity contribution is 5.90. The molecule has 0 radical (unpaired) electrons. The summed E-state index contributed by atoms with van der Waals surface area (Å²) in [5, 5.41) is 0. The largest absolute Gasteiger partial charge is 0.469 e. The maximum absolute atomic E-state index is 11.9. The summed E-state index contributed by atoms with van der Waals surface area (Å²) in [5.41, 5.74) is 0.486. The lowest BCUT2D eigenvalue weighted by atomic mass is 10.2. The van der Waals surface area contributed by atoms with Crippen LogP contribution in [0.5, 0.6) is 0 Å². The monoisotopic (exact) mass is 281 g/mol. The lowest BCUT2D eigenvalue weighted by Gasteiger charge is -2.33. The van der Waals surface area contributed by atoms with Gasteiger partial charge in [0.05, 0.1) is 12.9 Å². The Kier molecular flexibility index (Phi) is 5.20. The fourth-order valence-corrected chi connectivity index (χ4v) is 2.41. The summed E-state index contributed by atoms with van der Waals surface area (Å²) < 4.78 is 16.1. The molecule has 1 aromatic heterocycles. The molecule has 5 nitrogen and oxygen atoms in total. The van der Waals surface area contributed by atoms with Crippen LogP contribution < -0.4 is 0 Å². The first-order valence-electron chi connectivity index (χ1n) is 7.11. The Labute approximate surface area is 119 Å². The molecule has 112 valence electrons. The number of carbonyl (C=O) groups is 1. The Morgan fingerprint density at radius 3 is 3.00 bits per heavy atom. The van der Waals surface area contributed by atoms with Gasteiger partial charge in [-0.1, -0.05) is 13.8 Å². The Bertz CT molecular complexity index is 441. The van der Waals surface area contributed by atoms with Gasteiger partial charge < -0.3 is 13.9 Å². The van der Waals surface area contributed by atoms with Gasteiger partial charge in [0.25, 0.3) is 0 Å². The quantitative estimate of drug-likeness (QED) is 0.774. The van der Waals surface area contributed by atoms with Crippen molar-refractivity contribution in [2.45, 2.75) is 26.9 Å². The molecule has 0 amide bonds. The maximum atomic E-state index is 11.9. The molecule has 0 spiro atoms. The number of furan rings is 1. The van der Waals surface area contributed by atoms with Gasteiger partial charge in [0.15, 0.2) is 0 Å². The van der Waals surface area contributed by atoms with E-state index in [1.807, 2.05) is 0 Å². The van der Waals surface area contributed by atoms with Gasteiger partial charge in [-0.3, -0.25) is 4.90 Å². The third kappa shape index (κ3) is 4.08. The lowest BCUT2D eigenvalue weighted by molar-refractivity contribution is -0.0612. The van der Waals surface area contributed by atoms with E-state index < -0.39 is 0 Å². The van der Waals surface area contributed by atoms with Crippen molar-refractivity contribution in [2.75, 3.05) is 32.8 Å². The van der Waals surface area contributed by atoms with E-state index in [0.717, 1.165) is 19.6 Å². The van der Waals surface area contributed by atoms with E-state index in [-0.39, 0.29) is 18.7 Å². The minimum absolute atomic E-state index is 0.0429. The summed E-state index contributed by atoms with van der Waals surface area (Å²) in [6.45, 7) is 9.95. The number of rotatable bonds is 5. The molecule has 1 aromatic rings. The van der Waals surface area contributed by atoms with Gasteiger partial charge in [-0.25, -0.2) is 4.79 Å². The van der Waals surface area contributed by atoms with Gasteiger partial charge in [-0.15, -0.1) is 0 Å². The topological polar surface area (TPSA) is 51.9 Å². The Hall–Kier alpha value is -1.33. The Morgan fingerprint density at radius 2 is 2.35 bits per heavy atom. The van der Waals surface area contributed by atoms with Crippen LogP contribution in [0.2, 0.25) is 0 Å². The zero-order chi connectivity index (χ0) is 14.5. The van der Waals surface area contributed by atoms with Crippen LogP contribution >= 0.6 is 0 Å². The minimum Gasteiger partial charge on any atom is -0.469 e. The van der Waals surface area contributed by atoms with Crippen molar-refractivity contribution < 1.29 is 18.7 Å². The number of carbonyl (C=O) groups excluding carboxylic acids is 1. The van der Waals surface area contributed by atoms with E-state index in [0.29, 0.717) is 23.8 Å². The Morgan fingerprint density at radius 1 is 1.55 bits per heavy atom. The van der Waals surface area contributed by atoms with Crippen molar-refractivity contribution in [1.82, 2.24) is 4.90 Å². The first-order chi connectivity index (χ1) is 9.56. The number of ether oxygens (including phenoxy) is 2. The average Bonchev–Trinajstić information content (AvgIpc) is 2.82. The molecule has 2 rings (SSSR count). The summed E-state index contributed by atoms with van der Waals surface area (Å²) in [7, 11) is 0. The molecule has 0 aromatic carbocycles. The van der Waals surface area contributed by atoms with Crippen LogP contribution in [0.3, 0.4) is 0 Å². The molecule has 0 aliphatic carbocycles. The Balaban J connectivity index is 1.79. The number of hydrogen-bond acceptors (Lipinski definition) is 5. The van der Waals surface area contributed by atoms with Crippen LogP contribution in [0.25, 0.3) is 0 Å². The van der Waals surface area contributed by atoms with Gasteiger partial charge >= 0.3 is 5.97 Å². The standard InChI is InChI=1S/C15H23NO4/c1-11(2)8-16-5-7-19-13(9-16)10-20-15(17)14-4-6-18-12(14)3/h4,6,11,13H,5,7-10H2,1-3H3. The minimum atomic E-state index is -0.346. The van der Waals surface area contributed by atoms with Crippen LogP contribution in [-0.2, 0) is 9.47 Å². The van der Waals surface area contributed by atoms with Crippen molar-refractivity contribution in [3.05, 3.63) is 23.7 Å². The summed E-state index contributed by atoms with van der Waals surface area (Å²) >= 11 is 0. The highest BCUT2D eigenvalue weighted by atomic mass is 16.6. The second-order valence-corrected chi connectivity index (χ2v) is 5.64. The van der Waals surface area contributed by atoms with Crippen molar-refractivity contribution in [3.63, 3.8) is 0 Å². The predicted molar refractivity (Wildman–Crippen MR) is 74.7 cm³/mol.